The molecule has 3 heterocycles. The van der Waals surface area contributed by atoms with Gasteiger partial charge in [-0.25, -0.2) is 14.8 Å². The smallest absolute Gasteiger partial charge is 0.323 e. The van der Waals surface area contributed by atoms with Gasteiger partial charge in [-0.3, -0.25) is 10.1 Å². The highest BCUT2D eigenvalue weighted by Gasteiger charge is 2.22. The van der Waals surface area contributed by atoms with Gasteiger partial charge in [0.2, 0.25) is 5.91 Å². The van der Waals surface area contributed by atoms with Crippen molar-refractivity contribution in [3.63, 3.8) is 0 Å². The number of hydrogen-bond donors (Lipinski definition) is 2. The molecule has 1 saturated heterocycles. The second kappa shape index (κ2) is 11.5. The van der Waals surface area contributed by atoms with E-state index in [1.54, 1.807) is 28.6 Å². The molecule has 3 amide bonds. The number of amides is 3. The molecular weight excluding hydrogens is 488 g/mol. The highest BCUT2D eigenvalue weighted by atomic mass is 32.1. The predicted molar refractivity (Wildman–Crippen MR) is 144 cm³/mol. The summed E-state index contributed by atoms with van der Waals surface area (Å²) in [6.07, 6.45) is 1.85. The highest BCUT2D eigenvalue weighted by Crippen LogP contribution is 2.29. The molecule has 4 aromatic rings. The van der Waals surface area contributed by atoms with Crippen molar-refractivity contribution in [1.29, 1.82) is 0 Å². The minimum atomic E-state index is -0.224. The topological polar surface area (TPSA) is 99.7 Å². The molecule has 1 fully saturated rings. The Kier molecular flexibility index (Phi) is 7.56. The van der Waals surface area contributed by atoms with Crippen LogP contribution in [0.1, 0.15) is 5.69 Å². The molecule has 2 N–H and O–H groups in total. The Morgan fingerprint density at radius 1 is 0.892 bits per heavy atom. The highest BCUT2D eigenvalue weighted by molar-refractivity contribution is 7.13. The molecule has 188 valence electrons. The average Bonchev–Trinajstić information content (AvgIpc) is 3.37. The Labute approximate surface area is 218 Å². The van der Waals surface area contributed by atoms with E-state index in [9.17, 15) is 9.59 Å². The van der Waals surface area contributed by atoms with Gasteiger partial charge in [-0.1, -0.05) is 36.4 Å². The number of rotatable bonds is 7. The van der Waals surface area contributed by atoms with Gasteiger partial charge in [-0.05, 0) is 36.4 Å². The van der Waals surface area contributed by atoms with E-state index in [0.29, 0.717) is 54.2 Å². The lowest BCUT2D eigenvalue weighted by atomic mass is 10.2. The van der Waals surface area contributed by atoms with Crippen molar-refractivity contribution in [2.75, 3.05) is 41.7 Å². The molecule has 0 unspecified atom stereocenters. The first-order valence-corrected chi connectivity index (χ1v) is 12.8. The number of anilines is 3. The lowest BCUT2D eigenvalue weighted by Gasteiger charge is -2.35. The lowest BCUT2D eigenvalue weighted by molar-refractivity contribution is -0.115. The van der Waals surface area contributed by atoms with E-state index in [-0.39, 0.29) is 18.4 Å². The van der Waals surface area contributed by atoms with Crippen molar-refractivity contribution in [3.8, 4) is 11.5 Å². The monoisotopic (exact) mass is 514 g/mol. The molecule has 0 radical (unpaired) electrons. The summed E-state index contributed by atoms with van der Waals surface area (Å²) in [5.74, 6) is 1.93. The molecule has 0 aliphatic carbocycles. The molecule has 0 atom stereocenters. The third-order valence-electron chi connectivity index (χ3n) is 5.78. The van der Waals surface area contributed by atoms with E-state index >= 15 is 0 Å². The number of ether oxygens (including phenoxy) is 1. The third-order valence-corrected chi connectivity index (χ3v) is 6.59. The fourth-order valence-electron chi connectivity index (χ4n) is 3.93. The lowest BCUT2D eigenvalue weighted by Crippen LogP contribution is -2.50. The van der Waals surface area contributed by atoms with Crippen LogP contribution in [0.2, 0.25) is 0 Å². The van der Waals surface area contributed by atoms with Crippen LogP contribution in [0.25, 0.3) is 0 Å². The number of aromatic nitrogens is 2. The van der Waals surface area contributed by atoms with E-state index in [1.807, 2.05) is 60.7 Å². The first-order valence-electron chi connectivity index (χ1n) is 11.9. The summed E-state index contributed by atoms with van der Waals surface area (Å²) in [6.45, 7) is 2.60. The Balaban J connectivity index is 1.12. The van der Waals surface area contributed by atoms with Gasteiger partial charge in [-0.2, -0.15) is 0 Å². The zero-order valence-electron chi connectivity index (χ0n) is 20.0. The zero-order chi connectivity index (χ0) is 25.5. The van der Waals surface area contributed by atoms with Gasteiger partial charge in [0, 0.05) is 37.8 Å². The number of urea groups is 1. The quantitative estimate of drug-likeness (QED) is 0.365. The summed E-state index contributed by atoms with van der Waals surface area (Å²) in [6, 6.07) is 22.3. The van der Waals surface area contributed by atoms with Gasteiger partial charge >= 0.3 is 6.03 Å². The Hall–Kier alpha value is -4.44. The Morgan fingerprint density at radius 2 is 1.65 bits per heavy atom. The Morgan fingerprint density at radius 3 is 2.43 bits per heavy atom. The van der Waals surface area contributed by atoms with Crippen LogP contribution < -0.4 is 20.3 Å². The van der Waals surface area contributed by atoms with E-state index < -0.39 is 0 Å². The number of nitrogens with one attached hydrogen (secondary N) is 2. The maximum absolute atomic E-state index is 12.7. The minimum absolute atomic E-state index is 0.0782. The van der Waals surface area contributed by atoms with Crippen molar-refractivity contribution in [3.05, 3.63) is 90.1 Å². The summed E-state index contributed by atoms with van der Waals surface area (Å²) in [4.78, 5) is 38.2. The van der Waals surface area contributed by atoms with E-state index in [4.69, 9.17) is 4.74 Å². The first-order chi connectivity index (χ1) is 18.1. The summed E-state index contributed by atoms with van der Waals surface area (Å²) in [5.41, 5.74) is 1.16. The number of carbonyl (C=O) groups excluding carboxylic acids is 2. The van der Waals surface area contributed by atoms with Gasteiger partial charge < -0.3 is 19.9 Å². The molecule has 1 aliphatic rings. The van der Waals surface area contributed by atoms with Crippen molar-refractivity contribution in [2.24, 2.45) is 0 Å². The number of benzene rings is 2. The fourth-order valence-corrected chi connectivity index (χ4v) is 4.63. The normalized spacial score (nSPS) is 13.2. The average molecular weight is 515 g/mol. The molecule has 2 aromatic carbocycles. The van der Waals surface area contributed by atoms with Crippen molar-refractivity contribution < 1.29 is 14.3 Å². The molecule has 37 heavy (non-hydrogen) atoms. The number of thiazole rings is 1. The third kappa shape index (κ3) is 6.42. The van der Waals surface area contributed by atoms with Gasteiger partial charge in [0.25, 0.3) is 0 Å². The number of nitrogens with zero attached hydrogens (tertiary/aromatic N) is 4. The van der Waals surface area contributed by atoms with E-state index in [2.05, 4.69) is 25.5 Å². The molecule has 2 aromatic heterocycles. The molecule has 5 rings (SSSR count). The zero-order valence-corrected chi connectivity index (χ0v) is 20.9. The number of carbonyl (C=O) groups is 2. The molecule has 0 spiro atoms. The summed E-state index contributed by atoms with van der Waals surface area (Å²) >= 11 is 1.30. The van der Waals surface area contributed by atoms with Gasteiger partial charge in [0.05, 0.1) is 17.8 Å². The van der Waals surface area contributed by atoms with E-state index in [0.717, 1.165) is 5.82 Å². The summed E-state index contributed by atoms with van der Waals surface area (Å²) < 4.78 is 5.91. The number of para-hydroxylation sites is 3. The van der Waals surface area contributed by atoms with Crippen LogP contribution in [0.3, 0.4) is 0 Å². The standard InChI is InChI=1S/C27H26N6O3S/c34-25(30-22-10-4-5-11-23(22)36-21-8-2-1-3-9-21)18-20-19-37-26(29-20)31-27(35)33-16-14-32(15-17-33)24-12-6-7-13-28-24/h1-13,19H,14-18H2,(H,30,34)(H,29,31,35). The molecule has 0 bridgehead atoms. The fraction of sp³-hybridized carbons (Fsp3) is 0.185. The maximum atomic E-state index is 12.7. The maximum Gasteiger partial charge on any atom is 0.323 e. The number of hydrogen-bond acceptors (Lipinski definition) is 7. The van der Waals surface area contributed by atoms with Crippen LogP contribution in [0.15, 0.2) is 84.4 Å². The van der Waals surface area contributed by atoms with Crippen LogP contribution in [-0.4, -0.2) is 53.0 Å². The first kappa shape index (κ1) is 24.3. The molecule has 0 saturated carbocycles. The Bertz CT molecular complexity index is 1340. The number of pyridine rings is 1. The molecular formula is C27H26N6O3S. The molecule has 10 heteroatoms. The molecule has 1 aliphatic heterocycles. The van der Waals surface area contributed by atoms with Crippen LogP contribution >= 0.6 is 11.3 Å². The van der Waals surface area contributed by atoms with Crippen LogP contribution in [0.5, 0.6) is 11.5 Å². The van der Waals surface area contributed by atoms with Crippen LogP contribution in [-0.2, 0) is 11.2 Å². The largest absolute Gasteiger partial charge is 0.455 e. The second-order valence-corrected chi connectivity index (χ2v) is 9.23. The van der Waals surface area contributed by atoms with Gasteiger partial charge in [0.1, 0.15) is 11.6 Å². The molecule has 9 nitrogen and oxygen atoms in total. The van der Waals surface area contributed by atoms with Crippen LogP contribution in [0.4, 0.5) is 21.4 Å². The SMILES string of the molecule is O=C(Cc1csc(NC(=O)N2CCN(c3ccccn3)CC2)n1)Nc1ccccc1Oc1ccccc1. The second-order valence-electron chi connectivity index (χ2n) is 8.37. The number of piperazine rings is 1. The minimum Gasteiger partial charge on any atom is -0.455 e. The van der Waals surface area contributed by atoms with Crippen molar-refractivity contribution >= 4 is 39.9 Å². The van der Waals surface area contributed by atoms with Crippen molar-refractivity contribution in [2.45, 2.75) is 6.42 Å². The summed E-state index contributed by atoms with van der Waals surface area (Å²) in [5, 5.41) is 7.99. The summed E-state index contributed by atoms with van der Waals surface area (Å²) in [7, 11) is 0. The predicted octanol–water partition coefficient (Wildman–Crippen LogP) is 4.87. The van der Waals surface area contributed by atoms with Crippen LogP contribution in [0, 0.1) is 0 Å². The van der Waals surface area contributed by atoms with Gasteiger partial charge in [0.15, 0.2) is 10.9 Å². The van der Waals surface area contributed by atoms with E-state index in [1.165, 1.54) is 11.3 Å². The van der Waals surface area contributed by atoms with Gasteiger partial charge in [-0.15, -0.1) is 11.3 Å². The van der Waals surface area contributed by atoms with Crippen molar-refractivity contribution in [1.82, 2.24) is 14.9 Å².